The lowest BCUT2D eigenvalue weighted by atomic mass is 9.81. The van der Waals surface area contributed by atoms with Gasteiger partial charge < -0.3 is 5.11 Å². The first kappa shape index (κ1) is 12.4. The van der Waals surface area contributed by atoms with Crippen LogP contribution < -0.4 is 0 Å². The van der Waals surface area contributed by atoms with Gasteiger partial charge in [0.2, 0.25) is 0 Å². The van der Waals surface area contributed by atoms with Crippen LogP contribution in [0, 0.1) is 5.92 Å². The zero-order valence-electron chi connectivity index (χ0n) is 10.9. The summed E-state index contributed by atoms with van der Waals surface area (Å²) in [7, 11) is 0. The molecule has 2 aromatic carbocycles. The molecule has 1 saturated carbocycles. The number of aliphatic hydroxyl groups is 1. The lowest BCUT2D eigenvalue weighted by Crippen LogP contribution is -2.25. The molecular formula is C17H18O2. The fourth-order valence-corrected chi connectivity index (χ4v) is 3.07. The summed E-state index contributed by atoms with van der Waals surface area (Å²) in [4.78, 5) is 12.0. The Bertz CT molecular complexity index is 598. The third kappa shape index (κ3) is 2.28. The maximum atomic E-state index is 12.0. The third-order valence-corrected chi connectivity index (χ3v) is 4.13. The van der Waals surface area contributed by atoms with E-state index in [1.54, 1.807) is 0 Å². The van der Waals surface area contributed by atoms with Crippen LogP contribution >= 0.6 is 0 Å². The molecule has 0 radical (unpaired) electrons. The van der Waals surface area contributed by atoms with Gasteiger partial charge in [0.1, 0.15) is 5.78 Å². The quantitative estimate of drug-likeness (QED) is 0.888. The molecule has 2 aromatic rings. The highest BCUT2D eigenvalue weighted by Crippen LogP contribution is 2.35. The highest BCUT2D eigenvalue weighted by molar-refractivity contribution is 5.88. The molecule has 19 heavy (non-hydrogen) atoms. The molecule has 2 nitrogen and oxygen atoms in total. The summed E-state index contributed by atoms with van der Waals surface area (Å²) in [6, 6.07) is 13.9. The summed E-state index contributed by atoms with van der Waals surface area (Å²) >= 11 is 0. The smallest absolute Gasteiger partial charge is 0.138 e. The number of carbonyl (C=O) groups is 1. The zero-order valence-corrected chi connectivity index (χ0v) is 10.9. The molecule has 1 aliphatic rings. The first-order valence-corrected chi connectivity index (χ1v) is 6.96. The van der Waals surface area contributed by atoms with E-state index in [0.29, 0.717) is 6.42 Å². The molecule has 0 bridgehead atoms. The molecule has 0 amide bonds. The summed E-state index contributed by atoms with van der Waals surface area (Å²) in [6.45, 7) is 0. The van der Waals surface area contributed by atoms with E-state index in [-0.39, 0.29) is 11.7 Å². The van der Waals surface area contributed by atoms with Crippen molar-refractivity contribution in [1.29, 1.82) is 0 Å². The summed E-state index contributed by atoms with van der Waals surface area (Å²) in [5.41, 5.74) is 0.887. The van der Waals surface area contributed by atoms with E-state index in [0.717, 1.165) is 35.6 Å². The molecule has 0 aliphatic heterocycles. The Hall–Kier alpha value is -1.67. The Labute approximate surface area is 113 Å². The normalized spacial score (nSPS) is 21.5. The molecule has 1 aliphatic carbocycles. The Kier molecular flexibility index (Phi) is 3.34. The van der Waals surface area contributed by atoms with Crippen molar-refractivity contribution in [3.8, 4) is 0 Å². The number of benzene rings is 2. The molecule has 0 aromatic heterocycles. The van der Waals surface area contributed by atoms with E-state index in [9.17, 15) is 9.90 Å². The predicted octanol–water partition coefficient (Wildman–Crippen LogP) is 3.63. The number of hydrogen-bond donors (Lipinski definition) is 1. The van der Waals surface area contributed by atoms with Gasteiger partial charge in [0.15, 0.2) is 0 Å². The highest BCUT2D eigenvalue weighted by atomic mass is 16.3. The van der Waals surface area contributed by atoms with Crippen LogP contribution in [0.2, 0.25) is 0 Å². The average molecular weight is 254 g/mol. The lowest BCUT2D eigenvalue weighted by molar-refractivity contribution is -0.128. The number of rotatable bonds is 2. The molecule has 0 heterocycles. The average Bonchev–Trinajstić information content (AvgIpc) is 2.46. The molecule has 1 N–H and O–H groups in total. The van der Waals surface area contributed by atoms with Crippen LogP contribution in [-0.4, -0.2) is 10.9 Å². The number of aliphatic hydroxyl groups excluding tert-OH is 1. The van der Waals surface area contributed by atoms with E-state index in [1.807, 2.05) is 42.5 Å². The van der Waals surface area contributed by atoms with E-state index in [2.05, 4.69) is 0 Å². The summed E-state index contributed by atoms with van der Waals surface area (Å²) in [6.07, 6.45) is 2.77. The SMILES string of the molecule is O=C1CCCC[C@H]1[C@H](O)c1cccc2ccccc12. The first-order valence-electron chi connectivity index (χ1n) is 6.96. The van der Waals surface area contributed by atoms with Crippen LogP contribution in [0.1, 0.15) is 37.4 Å². The second-order valence-electron chi connectivity index (χ2n) is 5.33. The van der Waals surface area contributed by atoms with Gasteiger partial charge in [-0.3, -0.25) is 4.79 Å². The molecule has 3 rings (SSSR count). The number of Topliss-reactive ketones (excluding diaryl/α,β-unsaturated/α-hetero) is 1. The van der Waals surface area contributed by atoms with Gasteiger partial charge in [-0.2, -0.15) is 0 Å². The minimum atomic E-state index is -0.668. The van der Waals surface area contributed by atoms with Crippen LogP contribution in [-0.2, 0) is 4.79 Å². The third-order valence-electron chi connectivity index (χ3n) is 4.13. The van der Waals surface area contributed by atoms with Crippen LogP contribution in [0.25, 0.3) is 10.8 Å². The Morgan fingerprint density at radius 2 is 1.84 bits per heavy atom. The monoisotopic (exact) mass is 254 g/mol. The second-order valence-corrected chi connectivity index (χ2v) is 5.33. The van der Waals surface area contributed by atoms with Gasteiger partial charge in [-0.25, -0.2) is 0 Å². The number of ketones is 1. The Morgan fingerprint density at radius 1 is 1.05 bits per heavy atom. The first-order chi connectivity index (χ1) is 9.27. The highest BCUT2D eigenvalue weighted by Gasteiger charge is 2.30. The van der Waals surface area contributed by atoms with E-state index in [4.69, 9.17) is 0 Å². The van der Waals surface area contributed by atoms with Gasteiger partial charge in [-0.1, -0.05) is 48.9 Å². The molecule has 0 saturated heterocycles. The maximum absolute atomic E-state index is 12.0. The standard InChI is InChI=1S/C17H18O2/c18-16-11-4-3-9-15(16)17(19)14-10-5-7-12-6-1-2-8-13(12)14/h1-2,5-8,10,15,17,19H,3-4,9,11H2/t15-,17-/m1/s1. The van der Waals surface area contributed by atoms with Crippen molar-refractivity contribution in [2.75, 3.05) is 0 Å². The molecule has 2 atom stereocenters. The Balaban J connectivity index is 2.01. The van der Waals surface area contributed by atoms with E-state index in [1.165, 1.54) is 0 Å². The summed E-state index contributed by atoms with van der Waals surface area (Å²) in [5, 5.41) is 12.8. The minimum absolute atomic E-state index is 0.215. The van der Waals surface area contributed by atoms with Crippen molar-refractivity contribution < 1.29 is 9.90 Å². The number of fused-ring (bicyclic) bond motifs is 1. The predicted molar refractivity (Wildman–Crippen MR) is 75.9 cm³/mol. The van der Waals surface area contributed by atoms with Crippen molar-refractivity contribution in [3.05, 3.63) is 48.0 Å². The zero-order chi connectivity index (χ0) is 13.2. The fraction of sp³-hybridized carbons (Fsp3) is 0.353. The summed E-state index contributed by atoms with van der Waals surface area (Å²) in [5.74, 6) is -0.00811. The largest absolute Gasteiger partial charge is 0.388 e. The number of carbonyl (C=O) groups excluding carboxylic acids is 1. The molecule has 98 valence electrons. The summed E-state index contributed by atoms with van der Waals surface area (Å²) < 4.78 is 0. The maximum Gasteiger partial charge on any atom is 0.138 e. The van der Waals surface area contributed by atoms with E-state index >= 15 is 0 Å². The van der Waals surface area contributed by atoms with Gasteiger partial charge >= 0.3 is 0 Å². The molecule has 0 unspecified atom stereocenters. The lowest BCUT2D eigenvalue weighted by Gasteiger charge is -2.26. The van der Waals surface area contributed by atoms with Gasteiger partial charge in [-0.15, -0.1) is 0 Å². The van der Waals surface area contributed by atoms with Crippen molar-refractivity contribution in [2.45, 2.75) is 31.8 Å². The number of hydrogen-bond acceptors (Lipinski definition) is 2. The van der Waals surface area contributed by atoms with Crippen molar-refractivity contribution in [2.24, 2.45) is 5.92 Å². The van der Waals surface area contributed by atoms with E-state index < -0.39 is 6.10 Å². The minimum Gasteiger partial charge on any atom is -0.388 e. The molecule has 1 fully saturated rings. The van der Waals surface area contributed by atoms with Crippen LogP contribution in [0.3, 0.4) is 0 Å². The molecule has 2 heteroatoms. The topological polar surface area (TPSA) is 37.3 Å². The van der Waals surface area contributed by atoms with Gasteiger partial charge in [-0.05, 0) is 29.2 Å². The molecular weight excluding hydrogens is 236 g/mol. The second kappa shape index (κ2) is 5.14. The van der Waals surface area contributed by atoms with Crippen LogP contribution in [0.4, 0.5) is 0 Å². The van der Waals surface area contributed by atoms with Crippen LogP contribution in [0.5, 0.6) is 0 Å². The van der Waals surface area contributed by atoms with Gasteiger partial charge in [0.05, 0.1) is 6.10 Å². The fourth-order valence-electron chi connectivity index (χ4n) is 3.07. The van der Waals surface area contributed by atoms with Gasteiger partial charge in [0, 0.05) is 12.3 Å². The van der Waals surface area contributed by atoms with Crippen LogP contribution in [0.15, 0.2) is 42.5 Å². The van der Waals surface area contributed by atoms with Crippen molar-refractivity contribution in [3.63, 3.8) is 0 Å². The molecule has 0 spiro atoms. The van der Waals surface area contributed by atoms with Gasteiger partial charge in [0.25, 0.3) is 0 Å². The van der Waals surface area contributed by atoms with Crippen molar-refractivity contribution >= 4 is 16.6 Å². The van der Waals surface area contributed by atoms with Crippen molar-refractivity contribution in [1.82, 2.24) is 0 Å². The Morgan fingerprint density at radius 3 is 2.68 bits per heavy atom.